The summed E-state index contributed by atoms with van der Waals surface area (Å²) >= 11 is 0. The molecule has 0 aliphatic carbocycles. The zero-order valence-electron chi connectivity index (χ0n) is 5.99. The molecule has 2 heterocycles. The second-order valence-corrected chi connectivity index (χ2v) is 3.43. The van der Waals surface area contributed by atoms with E-state index in [0.717, 1.165) is 6.42 Å². The summed E-state index contributed by atoms with van der Waals surface area (Å²) < 4.78 is 36.5. The summed E-state index contributed by atoms with van der Waals surface area (Å²) in [4.78, 5) is 0. The van der Waals surface area contributed by atoms with E-state index in [-0.39, 0.29) is 12.1 Å². The minimum Gasteiger partial charge on any atom is -0.311 e. The lowest BCUT2D eigenvalue weighted by molar-refractivity contribution is -0.178. The Hall–Kier alpha value is -0.250. The standard InChI is InChI=1S/C7H10F3N/c8-7(9,10)5-3-4-1-2-6(5)11-4/h4-6,11H,1-3H2/t4-,5+,6+/m0/s1. The van der Waals surface area contributed by atoms with Crippen LogP contribution in [0.3, 0.4) is 0 Å². The maximum absolute atomic E-state index is 12.2. The van der Waals surface area contributed by atoms with Crippen molar-refractivity contribution in [3.63, 3.8) is 0 Å². The van der Waals surface area contributed by atoms with Crippen molar-refractivity contribution < 1.29 is 13.2 Å². The molecule has 1 N–H and O–H groups in total. The Balaban J connectivity index is 2.08. The topological polar surface area (TPSA) is 12.0 Å². The van der Waals surface area contributed by atoms with Gasteiger partial charge in [0.05, 0.1) is 5.92 Å². The third-order valence-corrected chi connectivity index (χ3v) is 2.72. The molecule has 0 spiro atoms. The summed E-state index contributed by atoms with van der Waals surface area (Å²) in [5.74, 6) is -1.07. The molecule has 2 saturated heterocycles. The Labute approximate surface area is 63.0 Å². The summed E-state index contributed by atoms with van der Waals surface area (Å²) in [6.07, 6.45) is -2.05. The molecule has 4 heteroatoms. The fourth-order valence-corrected chi connectivity index (χ4v) is 2.19. The van der Waals surface area contributed by atoms with Gasteiger partial charge in [0.25, 0.3) is 0 Å². The van der Waals surface area contributed by atoms with Crippen LogP contribution < -0.4 is 5.32 Å². The van der Waals surface area contributed by atoms with Crippen molar-refractivity contribution in [1.29, 1.82) is 0 Å². The van der Waals surface area contributed by atoms with E-state index < -0.39 is 12.1 Å². The molecule has 0 amide bonds. The Bertz CT molecular complexity index is 166. The number of fused-ring (bicyclic) bond motifs is 2. The third kappa shape index (κ3) is 1.13. The van der Waals surface area contributed by atoms with Crippen molar-refractivity contribution in [3.05, 3.63) is 0 Å². The summed E-state index contributed by atoms with van der Waals surface area (Å²) in [5, 5.41) is 2.96. The lowest BCUT2D eigenvalue weighted by Crippen LogP contribution is -2.33. The van der Waals surface area contributed by atoms with Gasteiger partial charge in [0.1, 0.15) is 0 Å². The highest BCUT2D eigenvalue weighted by Crippen LogP contribution is 2.42. The normalized spacial score (nSPS) is 43.4. The summed E-state index contributed by atoms with van der Waals surface area (Å²) in [6.45, 7) is 0. The van der Waals surface area contributed by atoms with Crippen molar-refractivity contribution in [2.24, 2.45) is 5.92 Å². The number of hydrogen-bond donors (Lipinski definition) is 1. The first-order valence-electron chi connectivity index (χ1n) is 3.90. The molecule has 2 rings (SSSR count). The second-order valence-electron chi connectivity index (χ2n) is 3.43. The second kappa shape index (κ2) is 2.12. The quantitative estimate of drug-likeness (QED) is 0.576. The van der Waals surface area contributed by atoms with Crippen LogP contribution in [0.5, 0.6) is 0 Å². The SMILES string of the molecule is FC(F)(F)[C@@H]1C[C@@H]2CC[C@H]1N2. The predicted molar refractivity (Wildman–Crippen MR) is 34.1 cm³/mol. The Morgan fingerprint density at radius 2 is 1.91 bits per heavy atom. The van der Waals surface area contributed by atoms with E-state index in [1.807, 2.05) is 0 Å². The van der Waals surface area contributed by atoms with Gasteiger partial charge in [-0.05, 0) is 19.3 Å². The largest absolute Gasteiger partial charge is 0.393 e. The first-order chi connectivity index (χ1) is 5.07. The van der Waals surface area contributed by atoms with Crippen LogP contribution in [0.15, 0.2) is 0 Å². The number of hydrogen-bond acceptors (Lipinski definition) is 1. The fourth-order valence-electron chi connectivity index (χ4n) is 2.19. The van der Waals surface area contributed by atoms with E-state index in [2.05, 4.69) is 5.32 Å². The van der Waals surface area contributed by atoms with Gasteiger partial charge >= 0.3 is 6.18 Å². The van der Waals surface area contributed by atoms with Crippen molar-refractivity contribution in [3.8, 4) is 0 Å². The molecule has 0 aromatic rings. The summed E-state index contributed by atoms with van der Waals surface area (Å²) in [5.41, 5.74) is 0. The predicted octanol–water partition coefficient (Wildman–Crippen LogP) is 1.69. The van der Waals surface area contributed by atoms with E-state index in [1.54, 1.807) is 0 Å². The molecular formula is C7H10F3N. The van der Waals surface area contributed by atoms with Gasteiger partial charge < -0.3 is 5.32 Å². The van der Waals surface area contributed by atoms with Crippen LogP contribution in [0.25, 0.3) is 0 Å². The summed E-state index contributed by atoms with van der Waals surface area (Å²) in [7, 11) is 0. The zero-order chi connectivity index (χ0) is 8.06. The monoisotopic (exact) mass is 165 g/mol. The molecule has 0 unspecified atom stereocenters. The molecule has 0 aromatic carbocycles. The van der Waals surface area contributed by atoms with Gasteiger partial charge in [-0.25, -0.2) is 0 Å². The average molecular weight is 165 g/mol. The molecule has 2 fully saturated rings. The van der Waals surface area contributed by atoms with Crippen molar-refractivity contribution in [1.82, 2.24) is 5.32 Å². The van der Waals surface area contributed by atoms with Crippen LogP contribution in [0.1, 0.15) is 19.3 Å². The maximum atomic E-state index is 12.2. The molecule has 3 atom stereocenters. The maximum Gasteiger partial charge on any atom is 0.393 e. The molecule has 2 aliphatic heterocycles. The minimum absolute atomic E-state index is 0.145. The highest BCUT2D eigenvalue weighted by Gasteiger charge is 2.52. The van der Waals surface area contributed by atoms with Gasteiger partial charge in [-0.1, -0.05) is 0 Å². The molecule has 11 heavy (non-hydrogen) atoms. The van der Waals surface area contributed by atoms with Gasteiger partial charge in [-0.15, -0.1) is 0 Å². The number of nitrogens with one attached hydrogen (secondary N) is 1. The molecular weight excluding hydrogens is 155 g/mol. The summed E-state index contributed by atoms with van der Waals surface area (Å²) in [6, 6.07) is -0.133. The number of alkyl halides is 3. The fraction of sp³-hybridized carbons (Fsp3) is 1.00. The van der Waals surface area contributed by atoms with Gasteiger partial charge in [0.15, 0.2) is 0 Å². The van der Waals surface area contributed by atoms with Crippen molar-refractivity contribution in [2.45, 2.75) is 37.5 Å². The molecule has 0 aromatic heterocycles. The van der Waals surface area contributed by atoms with Crippen LogP contribution in [0, 0.1) is 5.92 Å². The van der Waals surface area contributed by atoms with Crippen molar-refractivity contribution >= 4 is 0 Å². The smallest absolute Gasteiger partial charge is 0.311 e. The van der Waals surface area contributed by atoms with E-state index in [4.69, 9.17) is 0 Å². The van der Waals surface area contributed by atoms with E-state index in [9.17, 15) is 13.2 Å². The first kappa shape index (κ1) is 7.40. The lowest BCUT2D eigenvalue weighted by atomic mass is 9.89. The molecule has 0 saturated carbocycles. The van der Waals surface area contributed by atoms with Gasteiger partial charge in [0.2, 0.25) is 0 Å². The number of rotatable bonds is 0. The van der Waals surface area contributed by atoms with Crippen LogP contribution >= 0.6 is 0 Å². The third-order valence-electron chi connectivity index (χ3n) is 2.72. The average Bonchev–Trinajstić information content (AvgIpc) is 2.42. The Kier molecular flexibility index (Phi) is 1.43. The van der Waals surface area contributed by atoms with Gasteiger partial charge in [0, 0.05) is 12.1 Å². The lowest BCUT2D eigenvalue weighted by Gasteiger charge is -2.22. The van der Waals surface area contributed by atoms with E-state index in [0.29, 0.717) is 12.8 Å². The van der Waals surface area contributed by atoms with E-state index >= 15 is 0 Å². The minimum atomic E-state index is -3.98. The Morgan fingerprint density at radius 3 is 2.18 bits per heavy atom. The van der Waals surface area contributed by atoms with Crippen LogP contribution in [-0.4, -0.2) is 18.3 Å². The highest BCUT2D eigenvalue weighted by atomic mass is 19.4. The highest BCUT2D eigenvalue weighted by molar-refractivity contribution is 4.99. The zero-order valence-corrected chi connectivity index (χ0v) is 5.99. The molecule has 0 radical (unpaired) electrons. The Morgan fingerprint density at radius 1 is 1.18 bits per heavy atom. The first-order valence-corrected chi connectivity index (χ1v) is 3.90. The van der Waals surface area contributed by atoms with Crippen LogP contribution in [0.2, 0.25) is 0 Å². The van der Waals surface area contributed by atoms with Crippen LogP contribution in [-0.2, 0) is 0 Å². The van der Waals surface area contributed by atoms with Crippen molar-refractivity contribution in [2.75, 3.05) is 0 Å². The molecule has 64 valence electrons. The molecule has 2 bridgehead atoms. The van der Waals surface area contributed by atoms with E-state index in [1.165, 1.54) is 0 Å². The van der Waals surface area contributed by atoms with Gasteiger partial charge in [-0.2, -0.15) is 13.2 Å². The van der Waals surface area contributed by atoms with Gasteiger partial charge in [-0.3, -0.25) is 0 Å². The number of halogens is 3. The van der Waals surface area contributed by atoms with Crippen LogP contribution in [0.4, 0.5) is 13.2 Å². The molecule has 1 nitrogen and oxygen atoms in total. The molecule has 2 aliphatic rings.